The summed E-state index contributed by atoms with van der Waals surface area (Å²) in [6.45, 7) is 2.65. The average molecular weight is 1830 g/mol. The predicted molar refractivity (Wildman–Crippen MR) is 414 cm³/mol. The lowest BCUT2D eigenvalue weighted by molar-refractivity contribution is -0.386. The molecule has 50 heteroatoms. The van der Waals surface area contributed by atoms with E-state index in [9.17, 15) is 134 Å². The van der Waals surface area contributed by atoms with Crippen molar-refractivity contribution in [2.45, 2.75) is 321 Å². The van der Waals surface area contributed by atoms with Crippen molar-refractivity contribution in [3.8, 4) is 0 Å². The van der Waals surface area contributed by atoms with Gasteiger partial charge in [-0.3, -0.25) is 42.9 Å². The summed E-state index contributed by atoms with van der Waals surface area (Å²) in [5, 5.41) is 183. The maximum absolute atomic E-state index is 14.1. The van der Waals surface area contributed by atoms with Gasteiger partial charge in [-0.1, -0.05) is 77.1 Å². The number of rotatable bonds is 50. The molecule has 126 heavy (non-hydrogen) atoms. The van der Waals surface area contributed by atoms with Gasteiger partial charge in [0.25, 0.3) is 5.79 Å². The molecule has 0 radical (unpaired) electrons. The molecule has 1 aromatic heterocycles. The van der Waals surface area contributed by atoms with Crippen LogP contribution in [-0.2, 0) is 138 Å². The fourth-order valence-corrected chi connectivity index (χ4v) is 14.7. The van der Waals surface area contributed by atoms with Crippen LogP contribution in [0, 0.1) is 0 Å². The lowest BCUT2D eigenvalue weighted by atomic mass is 9.88. The van der Waals surface area contributed by atoms with Crippen molar-refractivity contribution in [3.05, 3.63) is 47.8 Å². The van der Waals surface area contributed by atoms with Gasteiger partial charge < -0.3 is 174 Å². The van der Waals surface area contributed by atoms with E-state index in [1.54, 1.807) is 58.0 Å². The zero-order valence-electron chi connectivity index (χ0n) is 70.1. The molecule has 0 bridgehead atoms. The quantitative estimate of drug-likeness (QED) is 0.0127. The molecule has 0 spiro atoms. The standard InChI is InChI=1S/C76H120N7O42P/c1-7-38(88)25-50(94)79-57-67(120-54(98)26-39(89)8-2)61(102)47(35-113-72-58(80-51(95)27-40(9-3)114-52(96)11-5)69(66(46(34-87)117-72)125-126(108,109)110)121-55(99)28-41(10-4)115-53(97)12-6)119-71(57)111-22-20-77-48(92)19-18-37-30-83(82-81-37)21-23-112-73-63(104)62(103)65(45(33-86)118-73)122-74-64(105)70(60(101)44(32-85)116-74)124-76(75(106)107)29-42(90)56(68(123-76)59(100)43(91)31-84)78-49(93)24-36-16-14-13-15-17-36/h13-17,30,38-47,56-74,84-91,100-105H,7-12,18-29,31-35H2,1-6H3,(H,77,92)(H,78,93)(H,79,94)(H,80,95)(H,106,107)(H2,108,109,110)/t38-,39-,40-,41-,42-,43-,44?,45?,46?,47?,56-,57?,58+,59-,60+,61-,62-,63+,64+,65-,66-,67-,68?,69?,70?,71+,72-,73?,74+,76+/m1/s1. The smallest absolute Gasteiger partial charge is 0.470 e. The molecule has 5 fully saturated rings. The topological polar surface area (TPSA) is 732 Å². The summed E-state index contributed by atoms with van der Waals surface area (Å²) < 4.78 is 100. The fraction of sp³-hybridized carbons (Fsp3) is 0.776. The van der Waals surface area contributed by atoms with Gasteiger partial charge in [0, 0.05) is 44.8 Å². The molecule has 9 unspecified atom stereocenters. The molecule has 4 amide bonds. The zero-order chi connectivity index (χ0) is 93.0. The normalized spacial score (nSPS) is 31.4. The second kappa shape index (κ2) is 50.8. The maximum atomic E-state index is 14.1. The van der Waals surface area contributed by atoms with E-state index in [1.165, 1.54) is 24.7 Å². The number of aliphatic hydroxyl groups is 14. The first-order valence-corrected chi connectivity index (χ1v) is 42.9. The number of aliphatic carboxylic acids is 1. The Bertz CT molecular complexity index is 3800. The molecule has 7 rings (SSSR count). The number of carbonyl (C=O) groups is 9. The third-order valence-corrected chi connectivity index (χ3v) is 21.7. The van der Waals surface area contributed by atoms with E-state index in [1.807, 2.05) is 0 Å². The van der Waals surface area contributed by atoms with E-state index in [-0.39, 0.29) is 83.2 Å². The number of esters is 4. The number of carbonyl (C=O) groups excluding carboxylic acids is 8. The third kappa shape index (κ3) is 30.4. The highest BCUT2D eigenvalue weighted by Crippen LogP contribution is 2.44. The number of carboxylic acid groups (broad SMARTS) is 1. The predicted octanol–water partition coefficient (Wildman–Crippen LogP) is -7.96. The summed E-state index contributed by atoms with van der Waals surface area (Å²) in [6, 6.07) is 2.86. The Hall–Kier alpha value is -7.26. The number of aromatic nitrogens is 3. The van der Waals surface area contributed by atoms with Crippen LogP contribution in [-0.4, -0.2) is 391 Å². The van der Waals surface area contributed by atoms with Crippen LogP contribution in [0.25, 0.3) is 0 Å². The molecule has 30 atom stereocenters. The van der Waals surface area contributed by atoms with Gasteiger partial charge in [0.1, 0.15) is 116 Å². The van der Waals surface area contributed by atoms with Crippen LogP contribution in [0.2, 0.25) is 0 Å². The number of aryl methyl sites for hydroxylation is 1. The van der Waals surface area contributed by atoms with Crippen molar-refractivity contribution in [3.63, 3.8) is 0 Å². The minimum absolute atomic E-state index is 0.0511. The number of amides is 4. The Morgan fingerprint density at radius 3 is 1.72 bits per heavy atom. The maximum Gasteiger partial charge on any atom is 0.470 e. The number of phosphoric ester groups is 1. The fourth-order valence-electron chi connectivity index (χ4n) is 14.1. The van der Waals surface area contributed by atoms with Gasteiger partial charge in [0.2, 0.25) is 23.6 Å². The van der Waals surface area contributed by atoms with Crippen molar-refractivity contribution in [1.29, 1.82) is 0 Å². The summed E-state index contributed by atoms with van der Waals surface area (Å²) in [4.78, 5) is 140. The first-order valence-electron chi connectivity index (χ1n) is 41.4. The molecule has 0 aliphatic carbocycles. The third-order valence-electron chi connectivity index (χ3n) is 21.1. The second-order valence-electron chi connectivity index (χ2n) is 30.5. The van der Waals surface area contributed by atoms with Gasteiger partial charge in [-0.25, -0.2) is 14.0 Å². The van der Waals surface area contributed by atoms with Crippen LogP contribution >= 0.6 is 7.82 Å². The number of nitrogens with one attached hydrogen (secondary N) is 4. The molecule has 2 aromatic rings. The highest BCUT2D eigenvalue weighted by Gasteiger charge is 2.61. The number of aliphatic hydroxyl groups excluding tert-OH is 14. The van der Waals surface area contributed by atoms with Crippen molar-refractivity contribution in [2.24, 2.45) is 0 Å². The average Bonchev–Trinajstić information content (AvgIpc) is 0.822. The van der Waals surface area contributed by atoms with Crippen LogP contribution in [0.3, 0.4) is 0 Å². The van der Waals surface area contributed by atoms with Crippen LogP contribution < -0.4 is 21.3 Å². The Kier molecular flexibility index (Phi) is 42.6. The molecule has 21 N–H and O–H groups in total. The zero-order valence-corrected chi connectivity index (χ0v) is 71.0. The molecular formula is C76H120N7O42P. The van der Waals surface area contributed by atoms with Gasteiger partial charge in [-0.2, -0.15) is 0 Å². The minimum Gasteiger partial charge on any atom is -0.477 e. The minimum atomic E-state index is -5.65. The van der Waals surface area contributed by atoms with Gasteiger partial charge in [0.15, 0.2) is 37.4 Å². The summed E-state index contributed by atoms with van der Waals surface area (Å²) in [5.74, 6) is -12.2. The monoisotopic (exact) mass is 1830 g/mol. The number of nitrogens with zero attached hydrogens (tertiary/aromatic N) is 3. The van der Waals surface area contributed by atoms with E-state index in [4.69, 9.17) is 70.8 Å². The Morgan fingerprint density at radius 2 is 1.12 bits per heavy atom. The van der Waals surface area contributed by atoms with Crippen LogP contribution in [0.4, 0.5) is 0 Å². The van der Waals surface area contributed by atoms with Crippen LogP contribution in [0.5, 0.6) is 0 Å². The van der Waals surface area contributed by atoms with Crippen molar-refractivity contribution in [1.82, 2.24) is 36.3 Å². The van der Waals surface area contributed by atoms with E-state index in [0.29, 0.717) is 5.56 Å². The summed E-state index contributed by atoms with van der Waals surface area (Å²) >= 11 is 0. The number of hydrogen-bond acceptors (Lipinski definition) is 41. The second-order valence-corrected chi connectivity index (χ2v) is 31.7. The summed E-state index contributed by atoms with van der Waals surface area (Å²) in [6.07, 6.45) is -51.6. The molecule has 6 heterocycles. The lowest BCUT2D eigenvalue weighted by Crippen LogP contribution is -2.71. The first kappa shape index (κ1) is 106. The van der Waals surface area contributed by atoms with E-state index in [0.717, 1.165) is 0 Å². The van der Waals surface area contributed by atoms with Crippen LogP contribution in [0.15, 0.2) is 36.5 Å². The Labute approximate surface area is 721 Å². The molecule has 49 nitrogen and oxygen atoms in total. The summed E-state index contributed by atoms with van der Waals surface area (Å²) in [5.41, 5.74) is 0.754. The number of phosphoric acid groups is 1. The van der Waals surface area contributed by atoms with Crippen molar-refractivity contribution >= 4 is 61.3 Å². The summed E-state index contributed by atoms with van der Waals surface area (Å²) in [7, 11) is -5.65. The van der Waals surface area contributed by atoms with Crippen molar-refractivity contribution in [2.75, 3.05) is 52.8 Å². The molecule has 5 saturated heterocycles. The van der Waals surface area contributed by atoms with Gasteiger partial charge in [-0.15, -0.1) is 5.10 Å². The van der Waals surface area contributed by atoms with Crippen LogP contribution in [0.1, 0.15) is 130 Å². The van der Waals surface area contributed by atoms with E-state index < -0.39 is 316 Å². The molecule has 1 aromatic carbocycles. The Balaban J connectivity index is 1.00. The number of carboxylic acids is 1. The lowest BCUT2D eigenvalue weighted by Gasteiger charge is -2.50. The van der Waals surface area contributed by atoms with E-state index >= 15 is 0 Å². The molecular weight excluding hydrogens is 1710 g/mol. The van der Waals surface area contributed by atoms with Crippen molar-refractivity contribution < 1.29 is 205 Å². The van der Waals surface area contributed by atoms with Gasteiger partial charge in [-0.05, 0) is 31.2 Å². The Morgan fingerprint density at radius 1 is 0.571 bits per heavy atom. The number of ether oxygens (including phenoxy) is 14. The SMILES string of the molecule is CCC(=O)O[C@H](CC)CC(=O)N[C@H]1C(OC(=O)C[C@@H](CC)OC(=O)CC)[C@H](OP(=O)(O)O)C(CO)O[C@H]1OCC1O[C@H](OCCNC(=O)CCc2cn(CCOC3OC(CO)[C@@H](O[C@@H]4OC(CO)[C@H](O)C(O[C@]5(C(=O)O)C[C@@H](O)[C@@H](NC(=O)Cc6ccccc6)C([C@H](O)[C@H](O)CO)O5)[C@@H]4O)[C@H](O)[C@@H]3O)nn2)C(NC(=O)C[C@H](O)CC)[C@@H](OC(=O)C[C@H](O)CC)[C@@H]1O. The number of benzene rings is 1. The molecule has 5 aliphatic rings. The largest absolute Gasteiger partial charge is 0.477 e. The van der Waals surface area contributed by atoms with Gasteiger partial charge in [0.05, 0.1) is 115 Å². The highest BCUT2D eigenvalue weighted by atomic mass is 31.2. The highest BCUT2D eigenvalue weighted by molar-refractivity contribution is 7.46. The first-order chi connectivity index (χ1) is 59.8. The molecule has 5 aliphatic heterocycles. The number of hydrogen-bond donors (Lipinski definition) is 21. The van der Waals surface area contributed by atoms with E-state index in [2.05, 4.69) is 31.6 Å². The molecule has 0 saturated carbocycles. The molecule has 716 valence electrons. The van der Waals surface area contributed by atoms with Gasteiger partial charge >= 0.3 is 37.7 Å².